The number of aromatic amines is 1. The number of fused-ring (bicyclic) bond motifs is 1. The molecule has 4 N–H and O–H groups in total. The first-order valence-electron chi connectivity index (χ1n) is 9.16. The van der Waals surface area contributed by atoms with Gasteiger partial charge in [0.2, 0.25) is 0 Å². The average molecular weight is 387 g/mol. The smallest absolute Gasteiger partial charge is 0.323 e. The molecule has 0 radical (unpaired) electrons. The molecule has 146 valence electrons. The fourth-order valence-electron chi connectivity index (χ4n) is 3.29. The molecule has 0 bridgehead atoms. The normalized spacial score (nSPS) is 10.7. The van der Waals surface area contributed by atoms with Crippen molar-refractivity contribution in [2.75, 3.05) is 16.0 Å². The maximum atomic E-state index is 12.4. The number of H-pyrrole nitrogens is 1. The average Bonchev–Trinajstić information content (AvgIpc) is 3.16. The van der Waals surface area contributed by atoms with Crippen LogP contribution in [0.3, 0.4) is 0 Å². The maximum absolute atomic E-state index is 12.4. The van der Waals surface area contributed by atoms with Gasteiger partial charge in [0.15, 0.2) is 5.65 Å². The summed E-state index contributed by atoms with van der Waals surface area (Å²) in [4.78, 5) is 20.8. The zero-order valence-electron chi connectivity index (χ0n) is 16.4. The molecule has 0 saturated heterocycles. The molecule has 0 spiro atoms. The Morgan fingerprint density at radius 3 is 2.34 bits per heavy atom. The number of hydrogen-bond acceptors (Lipinski definition) is 5. The predicted octanol–water partition coefficient (Wildman–Crippen LogP) is 4.67. The van der Waals surface area contributed by atoms with Gasteiger partial charge in [-0.1, -0.05) is 17.7 Å². The lowest BCUT2D eigenvalue weighted by Gasteiger charge is -2.14. The Labute approximate surface area is 167 Å². The lowest BCUT2D eigenvalue weighted by molar-refractivity contribution is 0.262. The zero-order chi connectivity index (χ0) is 20.4. The summed E-state index contributed by atoms with van der Waals surface area (Å²) in [6.07, 6.45) is 3.14. The van der Waals surface area contributed by atoms with E-state index in [0.717, 1.165) is 27.9 Å². The number of nitrogens with zero attached hydrogens (tertiary/aromatic N) is 3. The van der Waals surface area contributed by atoms with E-state index < -0.39 is 0 Å². The second kappa shape index (κ2) is 7.59. The van der Waals surface area contributed by atoms with Gasteiger partial charge in [-0.25, -0.2) is 14.8 Å². The minimum atomic E-state index is -0.281. The van der Waals surface area contributed by atoms with Crippen LogP contribution in [0.1, 0.15) is 16.7 Å². The van der Waals surface area contributed by atoms with Gasteiger partial charge in [-0.2, -0.15) is 5.10 Å². The maximum Gasteiger partial charge on any atom is 0.323 e. The quantitative estimate of drug-likeness (QED) is 0.407. The molecular formula is C21H21N7O. The molecule has 29 heavy (non-hydrogen) atoms. The fourth-order valence-corrected chi connectivity index (χ4v) is 3.29. The van der Waals surface area contributed by atoms with Crippen LogP contribution in [0.5, 0.6) is 0 Å². The number of rotatable bonds is 4. The largest absolute Gasteiger partial charge is 0.340 e. The van der Waals surface area contributed by atoms with Crippen molar-refractivity contribution in [3.05, 3.63) is 65.6 Å². The summed E-state index contributed by atoms with van der Waals surface area (Å²) in [5, 5.41) is 16.6. The molecular weight excluding hydrogens is 366 g/mol. The Kier molecular flexibility index (Phi) is 4.82. The highest BCUT2D eigenvalue weighted by Gasteiger charge is 2.09. The molecule has 4 rings (SSSR count). The summed E-state index contributed by atoms with van der Waals surface area (Å²) in [5.41, 5.74) is 6.26. The SMILES string of the molecule is Cc1cc(C)c(NC(=O)Nc2ccc(Nc3ncnc4[nH]ncc34)cc2)c(C)c1. The standard InChI is InChI=1S/C21H21N7O/c1-12-8-13(2)18(14(3)9-12)27-21(29)26-16-6-4-15(5-7-16)25-19-17-10-24-28-20(17)23-11-22-19/h4-11H,1-3H3,(H2,26,27,29)(H2,22,23,24,25,28). The number of aryl methyl sites for hydroxylation is 3. The van der Waals surface area contributed by atoms with Crippen molar-refractivity contribution in [1.82, 2.24) is 20.2 Å². The van der Waals surface area contributed by atoms with E-state index in [2.05, 4.69) is 36.1 Å². The minimum Gasteiger partial charge on any atom is -0.340 e. The van der Waals surface area contributed by atoms with Crippen LogP contribution in [0.25, 0.3) is 11.0 Å². The fraction of sp³-hybridized carbons (Fsp3) is 0.143. The summed E-state index contributed by atoms with van der Waals surface area (Å²) in [6.45, 7) is 6.01. The highest BCUT2D eigenvalue weighted by atomic mass is 16.2. The Balaban J connectivity index is 1.43. The van der Waals surface area contributed by atoms with Crippen molar-refractivity contribution >= 4 is 39.9 Å². The number of nitrogens with one attached hydrogen (secondary N) is 4. The molecule has 8 heteroatoms. The lowest BCUT2D eigenvalue weighted by Crippen LogP contribution is -2.20. The predicted molar refractivity (Wildman–Crippen MR) is 115 cm³/mol. The number of aromatic nitrogens is 4. The van der Waals surface area contributed by atoms with Crippen molar-refractivity contribution in [3.8, 4) is 0 Å². The number of carbonyl (C=O) groups excluding carboxylic acids is 1. The highest BCUT2D eigenvalue weighted by molar-refractivity contribution is 6.01. The van der Waals surface area contributed by atoms with E-state index in [1.807, 2.05) is 57.2 Å². The summed E-state index contributed by atoms with van der Waals surface area (Å²) >= 11 is 0. The summed E-state index contributed by atoms with van der Waals surface area (Å²) < 4.78 is 0. The second-order valence-electron chi connectivity index (χ2n) is 6.91. The molecule has 0 atom stereocenters. The first-order chi connectivity index (χ1) is 14.0. The molecule has 2 aromatic carbocycles. The molecule has 0 aliphatic heterocycles. The zero-order valence-corrected chi connectivity index (χ0v) is 16.4. The molecule has 2 aromatic heterocycles. The molecule has 0 aliphatic rings. The van der Waals surface area contributed by atoms with Gasteiger partial charge in [0.05, 0.1) is 11.6 Å². The number of benzene rings is 2. The third kappa shape index (κ3) is 4.01. The molecule has 0 saturated carbocycles. The van der Waals surface area contributed by atoms with Gasteiger partial charge in [-0.05, 0) is 56.2 Å². The van der Waals surface area contributed by atoms with Crippen LogP contribution in [0, 0.1) is 20.8 Å². The monoisotopic (exact) mass is 387 g/mol. The molecule has 2 heterocycles. The molecule has 4 aromatic rings. The Bertz CT molecular complexity index is 1160. The van der Waals surface area contributed by atoms with Gasteiger partial charge < -0.3 is 16.0 Å². The summed E-state index contributed by atoms with van der Waals surface area (Å²) in [6, 6.07) is 11.2. The lowest BCUT2D eigenvalue weighted by atomic mass is 10.1. The topological polar surface area (TPSA) is 108 Å². The van der Waals surface area contributed by atoms with Crippen molar-refractivity contribution in [2.24, 2.45) is 0 Å². The van der Waals surface area contributed by atoms with Crippen LogP contribution in [-0.4, -0.2) is 26.2 Å². The van der Waals surface area contributed by atoms with Gasteiger partial charge in [0.25, 0.3) is 0 Å². The van der Waals surface area contributed by atoms with Crippen LogP contribution in [0.2, 0.25) is 0 Å². The van der Waals surface area contributed by atoms with Crippen molar-refractivity contribution < 1.29 is 4.79 Å². The molecule has 0 fully saturated rings. The number of urea groups is 1. The van der Waals surface area contributed by atoms with Crippen molar-refractivity contribution in [1.29, 1.82) is 0 Å². The number of carbonyl (C=O) groups is 1. The van der Waals surface area contributed by atoms with E-state index in [1.54, 1.807) is 6.20 Å². The van der Waals surface area contributed by atoms with Gasteiger partial charge in [-0.3, -0.25) is 5.10 Å². The first kappa shape index (κ1) is 18.4. The number of hydrogen-bond donors (Lipinski definition) is 4. The van der Waals surface area contributed by atoms with E-state index in [4.69, 9.17) is 0 Å². The Morgan fingerprint density at radius 1 is 0.931 bits per heavy atom. The van der Waals surface area contributed by atoms with Gasteiger partial charge in [-0.15, -0.1) is 0 Å². The van der Waals surface area contributed by atoms with E-state index in [1.165, 1.54) is 11.9 Å². The first-order valence-corrected chi connectivity index (χ1v) is 9.16. The highest BCUT2D eigenvalue weighted by Crippen LogP contribution is 2.24. The molecule has 2 amide bonds. The van der Waals surface area contributed by atoms with Crippen LogP contribution in [0.4, 0.5) is 27.7 Å². The number of anilines is 4. The molecule has 8 nitrogen and oxygen atoms in total. The number of amides is 2. The van der Waals surface area contributed by atoms with Crippen LogP contribution in [0.15, 0.2) is 48.9 Å². The van der Waals surface area contributed by atoms with Gasteiger partial charge >= 0.3 is 6.03 Å². The van der Waals surface area contributed by atoms with Crippen molar-refractivity contribution in [3.63, 3.8) is 0 Å². The van der Waals surface area contributed by atoms with Gasteiger partial charge in [0, 0.05) is 17.1 Å². The summed E-state index contributed by atoms with van der Waals surface area (Å²) in [7, 11) is 0. The third-order valence-corrected chi connectivity index (χ3v) is 4.57. The third-order valence-electron chi connectivity index (χ3n) is 4.57. The van der Waals surface area contributed by atoms with Crippen molar-refractivity contribution in [2.45, 2.75) is 20.8 Å². The van der Waals surface area contributed by atoms with Crippen LogP contribution >= 0.6 is 0 Å². The summed E-state index contributed by atoms with van der Waals surface area (Å²) in [5.74, 6) is 0.660. The van der Waals surface area contributed by atoms with E-state index in [0.29, 0.717) is 17.2 Å². The van der Waals surface area contributed by atoms with E-state index >= 15 is 0 Å². The Hall–Kier alpha value is -3.94. The van der Waals surface area contributed by atoms with Crippen LogP contribution in [-0.2, 0) is 0 Å². The molecule has 0 aliphatic carbocycles. The Morgan fingerprint density at radius 2 is 1.62 bits per heavy atom. The second-order valence-corrected chi connectivity index (χ2v) is 6.91. The molecule has 0 unspecified atom stereocenters. The minimum absolute atomic E-state index is 0.281. The van der Waals surface area contributed by atoms with Gasteiger partial charge in [0.1, 0.15) is 12.1 Å². The van der Waals surface area contributed by atoms with E-state index in [-0.39, 0.29) is 6.03 Å². The van der Waals surface area contributed by atoms with Crippen LogP contribution < -0.4 is 16.0 Å². The van der Waals surface area contributed by atoms with E-state index in [9.17, 15) is 4.79 Å².